The molecule has 2 aromatic rings. The molecule has 2 N–H and O–H groups in total. The number of ether oxygens (including phenoxy) is 1. The van der Waals surface area contributed by atoms with E-state index in [0.29, 0.717) is 17.1 Å². The summed E-state index contributed by atoms with van der Waals surface area (Å²) in [5.41, 5.74) is 0.609. The van der Waals surface area contributed by atoms with Crippen molar-refractivity contribution in [2.24, 2.45) is 0 Å². The van der Waals surface area contributed by atoms with E-state index < -0.39 is 12.1 Å². The summed E-state index contributed by atoms with van der Waals surface area (Å²) in [6, 6.07) is 10.6. The van der Waals surface area contributed by atoms with Gasteiger partial charge in [-0.3, -0.25) is 14.4 Å². The van der Waals surface area contributed by atoms with Crippen LogP contribution in [0.15, 0.2) is 40.9 Å². The number of esters is 1. The van der Waals surface area contributed by atoms with E-state index in [4.69, 9.17) is 9.26 Å². The number of hydrogen-bond acceptors (Lipinski definition) is 7. The third-order valence-corrected chi connectivity index (χ3v) is 4.77. The number of benzene rings is 1. The normalized spacial score (nSPS) is 14.2. The average molecular weight is 403 g/mol. The largest absolute Gasteiger partial charge is 0.447 e. The van der Waals surface area contributed by atoms with E-state index in [-0.39, 0.29) is 29.4 Å². The van der Waals surface area contributed by atoms with Crippen LogP contribution >= 0.6 is 11.8 Å². The van der Waals surface area contributed by atoms with Crippen molar-refractivity contribution in [2.75, 3.05) is 16.8 Å². The highest BCUT2D eigenvalue weighted by Crippen LogP contribution is 2.23. The van der Waals surface area contributed by atoms with Gasteiger partial charge < -0.3 is 19.9 Å². The first kappa shape index (κ1) is 19.9. The van der Waals surface area contributed by atoms with E-state index >= 15 is 0 Å². The third kappa shape index (κ3) is 6.12. The second-order valence-electron chi connectivity index (χ2n) is 6.43. The molecule has 1 unspecified atom stereocenters. The number of carbonyl (C=O) groups is 3. The van der Waals surface area contributed by atoms with Gasteiger partial charge in [-0.15, -0.1) is 11.8 Å². The molecule has 148 valence electrons. The van der Waals surface area contributed by atoms with Gasteiger partial charge in [0.1, 0.15) is 5.76 Å². The van der Waals surface area contributed by atoms with Crippen molar-refractivity contribution >= 4 is 35.4 Å². The van der Waals surface area contributed by atoms with E-state index in [1.807, 2.05) is 6.07 Å². The number of rotatable bonds is 9. The minimum Gasteiger partial charge on any atom is -0.447 e. The average Bonchev–Trinajstić information content (AvgIpc) is 3.40. The molecule has 9 heteroatoms. The minimum absolute atomic E-state index is 0.0469. The van der Waals surface area contributed by atoms with Gasteiger partial charge in [-0.2, -0.15) is 0 Å². The molecule has 1 heterocycles. The van der Waals surface area contributed by atoms with Crippen LogP contribution < -0.4 is 10.6 Å². The number of aromatic nitrogens is 1. The molecule has 0 bridgehead atoms. The van der Waals surface area contributed by atoms with Crippen molar-refractivity contribution < 1.29 is 23.6 Å². The van der Waals surface area contributed by atoms with Crippen molar-refractivity contribution in [3.05, 3.63) is 47.7 Å². The third-order valence-electron chi connectivity index (χ3n) is 3.86. The highest BCUT2D eigenvalue weighted by molar-refractivity contribution is 8.00. The van der Waals surface area contributed by atoms with E-state index in [0.717, 1.165) is 24.6 Å². The lowest BCUT2D eigenvalue weighted by Gasteiger charge is -2.18. The van der Waals surface area contributed by atoms with Crippen molar-refractivity contribution in [1.82, 2.24) is 10.5 Å². The Morgan fingerprint density at radius 2 is 2.00 bits per heavy atom. The van der Waals surface area contributed by atoms with Gasteiger partial charge in [-0.05, 0) is 19.8 Å². The van der Waals surface area contributed by atoms with Gasteiger partial charge in [0.15, 0.2) is 5.82 Å². The molecule has 0 aliphatic heterocycles. The fraction of sp³-hybridized carbons (Fsp3) is 0.368. The Kier molecular flexibility index (Phi) is 6.70. The van der Waals surface area contributed by atoms with Crippen molar-refractivity contribution in [1.29, 1.82) is 0 Å². The molecule has 1 aliphatic rings. The first-order valence-electron chi connectivity index (χ1n) is 8.87. The predicted octanol–water partition coefficient (Wildman–Crippen LogP) is 2.22. The zero-order valence-corrected chi connectivity index (χ0v) is 16.2. The van der Waals surface area contributed by atoms with Gasteiger partial charge in [0.2, 0.25) is 12.0 Å². The molecule has 1 atom stereocenters. The Bertz CT molecular complexity index is 835. The lowest BCUT2D eigenvalue weighted by atomic mass is 10.1. The number of thioether (sulfide) groups is 1. The molecular formula is C19H21N3O5S. The fourth-order valence-corrected chi connectivity index (χ4v) is 3.00. The number of carbonyl (C=O) groups excluding carboxylic acids is 3. The van der Waals surface area contributed by atoms with E-state index in [2.05, 4.69) is 15.8 Å². The van der Waals surface area contributed by atoms with Crippen LogP contribution in [0.4, 0.5) is 5.82 Å². The topological polar surface area (TPSA) is 111 Å². The second-order valence-corrected chi connectivity index (χ2v) is 7.41. The van der Waals surface area contributed by atoms with Crippen molar-refractivity contribution in [2.45, 2.75) is 31.9 Å². The van der Waals surface area contributed by atoms with Crippen LogP contribution in [-0.4, -0.2) is 40.5 Å². The predicted molar refractivity (Wildman–Crippen MR) is 104 cm³/mol. The van der Waals surface area contributed by atoms with Gasteiger partial charge in [-0.1, -0.05) is 35.5 Å². The molecule has 28 heavy (non-hydrogen) atoms. The maximum atomic E-state index is 12.4. The quantitative estimate of drug-likeness (QED) is 0.618. The molecule has 2 amide bonds. The zero-order chi connectivity index (χ0) is 19.9. The lowest BCUT2D eigenvalue weighted by Crippen LogP contribution is -2.34. The molecular weight excluding hydrogens is 382 g/mol. The monoisotopic (exact) mass is 403 g/mol. The molecule has 1 aliphatic carbocycles. The van der Waals surface area contributed by atoms with Crippen molar-refractivity contribution in [3.8, 4) is 0 Å². The molecule has 1 aromatic carbocycles. The molecule has 0 spiro atoms. The summed E-state index contributed by atoms with van der Waals surface area (Å²) in [5, 5.41) is 9.10. The van der Waals surface area contributed by atoms with E-state index in [1.54, 1.807) is 37.3 Å². The Hall–Kier alpha value is -2.81. The van der Waals surface area contributed by atoms with Gasteiger partial charge in [-0.25, -0.2) is 0 Å². The van der Waals surface area contributed by atoms with Crippen LogP contribution in [-0.2, 0) is 19.1 Å². The van der Waals surface area contributed by atoms with Crippen LogP contribution in [0.2, 0.25) is 0 Å². The summed E-state index contributed by atoms with van der Waals surface area (Å²) in [5.74, 6) is -0.288. The lowest BCUT2D eigenvalue weighted by molar-refractivity contribution is -0.154. The number of aryl methyl sites for hydroxylation is 1. The molecule has 1 aromatic heterocycles. The van der Waals surface area contributed by atoms with Crippen LogP contribution in [0.25, 0.3) is 0 Å². The highest BCUT2D eigenvalue weighted by atomic mass is 32.2. The molecule has 0 saturated heterocycles. The van der Waals surface area contributed by atoms with Gasteiger partial charge in [0, 0.05) is 17.7 Å². The maximum Gasteiger partial charge on any atom is 0.317 e. The summed E-state index contributed by atoms with van der Waals surface area (Å²) >= 11 is 1.09. The highest BCUT2D eigenvalue weighted by Gasteiger charge is 2.30. The van der Waals surface area contributed by atoms with Crippen LogP contribution in [0.3, 0.4) is 0 Å². The summed E-state index contributed by atoms with van der Waals surface area (Å²) < 4.78 is 10.3. The van der Waals surface area contributed by atoms with E-state index in [1.165, 1.54) is 0 Å². The SMILES string of the molecule is Cc1cc(NC(=O)CSCC(=O)OC(C(=O)NC2CC2)c2ccccc2)no1. The summed E-state index contributed by atoms with van der Waals surface area (Å²) in [6.07, 6.45) is 0.885. The number of nitrogens with zero attached hydrogens (tertiary/aromatic N) is 1. The smallest absolute Gasteiger partial charge is 0.317 e. The van der Waals surface area contributed by atoms with Crippen molar-refractivity contribution in [3.63, 3.8) is 0 Å². The minimum atomic E-state index is -0.998. The Morgan fingerprint density at radius 3 is 2.64 bits per heavy atom. The zero-order valence-electron chi connectivity index (χ0n) is 15.3. The fourth-order valence-electron chi connectivity index (χ4n) is 2.40. The summed E-state index contributed by atoms with van der Waals surface area (Å²) in [6.45, 7) is 1.72. The number of anilines is 1. The molecule has 1 fully saturated rings. The van der Waals surface area contributed by atoms with Crippen LogP contribution in [0, 0.1) is 6.92 Å². The van der Waals surface area contributed by atoms with Gasteiger partial charge in [0.05, 0.1) is 11.5 Å². The number of amides is 2. The molecule has 3 rings (SSSR count). The first-order valence-corrected chi connectivity index (χ1v) is 10.0. The van der Waals surface area contributed by atoms with Gasteiger partial charge in [0.25, 0.3) is 5.91 Å². The Labute approximate surface area is 166 Å². The second kappa shape index (κ2) is 9.41. The van der Waals surface area contributed by atoms with Crippen LogP contribution in [0.1, 0.15) is 30.3 Å². The van der Waals surface area contributed by atoms with Gasteiger partial charge >= 0.3 is 5.97 Å². The summed E-state index contributed by atoms with van der Waals surface area (Å²) in [7, 11) is 0. The maximum absolute atomic E-state index is 12.4. The Morgan fingerprint density at radius 1 is 1.25 bits per heavy atom. The number of nitrogens with one attached hydrogen (secondary N) is 2. The van der Waals surface area contributed by atoms with E-state index in [9.17, 15) is 14.4 Å². The summed E-state index contributed by atoms with van der Waals surface area (Å²) in [4.78, 5) is 36.5. The molecule has 8 nitrogen and oxygen atoms in total. The Balaban J connectivity index is 1.47. The number of hydrogen-bond donors (Lipinski definition) is 2. The molecule has 0 radical (unpaired) electrons. The van der Waals surface area contributed by atoms with Crippen LogP contribution in [0.5, 0.6) is 0 Å². The first-order chi connectivity index (χ1) is 13.5. The molecule has 1 saturated carbocycles. The standard InChI is InChI=1S/C19H21N3O5S/c1-12-9-15(22-27-12)21-16(23)10-28-11-17(24)26-18(13-5-3-2-4-6-13)19(25)20-14-7-8-14/h2-6,9,14,18H,7-8,10-11H2,1H3,(H,20,25)(H,21,22,23).